The van der Waals surface area contributed by atoms with Gasteiger partial charge in [-0.2, -0.15) is 0 Å². The number of hydrogen-bond donors (Lipinski definition) is 0. The Morgan fingerprint density at radius 1 is 1.11 bits per heavy atom. The first-order chi connectivity index (χ1) is 8.56. The van der Waals surface area contributed by atoms with Crippen molar-refractivity contribution in [2.75, 3.05) is 11.9 Å². The second-order valence-electron chi connectivity index (χ2n) is 3.83. The molecule has 1 aromatic heterocycles. The highest BCUT2D eigenvalue weighted by Gasteiger charge is 2.09. The molecule has 18 heavy (non-hydrogen) atoms. The molecule has 0 saturated heterocycles. The van der Waals surface area contributed by atoms with Crippen molar-refractivity contribution in [1.82, 2.24) is 10.2 Å². The van der Waals surface area contributed by atoms with E-state index in [-0.39, 0.29) is 0 Å². The summed E-state index contributed by atoms with van der Waals surface area (Å²) in [4.78, 5) is 1.94. The predicted octanol–water partition coefficient (Wildman–Crippen LogP) is 4.07. The topological polar surface area (TPSA) is 29.0 Å². The SMILES string of the molecule is CN(Cc1cccc(Cl)c1)c1cc(Cl)nnc1Cl. The van der Waals surface area contributed by atoms with Crippen molar-refractivity contribution < 1.29 is 0 Å². The van der Waals surface area contributed by atoms with Crippen LogP contribution < -0.4 is 4.90 Å². The van der Waals surface area contributed by atoms with E-state index in [1.807, 2.05) is 36.2 Å². The van der Waals surface area contributed by atoms with Gasteiger partial charge in [0.25, 0.3) is 0 Å². The third kappa shape index (κ3) is 3.25. The normalized spacial score (nSPS) is 10.4. The molecular formula is C12H10Cl3N3. The van der Waals surface area contributed by atoms with Gasteiger partial charge in [0, 0.05) is 24.7 Å². The Morgan fingerprint density at radius 2 is 1.89 bits per heavy atom. The molecule has 94 valence electrons. The van der Waals surface area contributed by atoms with E-state index in [4.69, 9.17) is 34.8 Å². The van der Waals surface area contributed by atoms with Gasteiger partial charge < -0.3 is 4.90 Å². The van der Waals surface area contributed by atoms with Crippen molar-refractivity contribution in [1.29, 1.82) is 0 Å². The van der Waals surface area contributed by atoms with Gasteiger partial charge in [-0.15, -0.1) is 10.2 Å². The van der Waals surface area contributed by atoms with E-state index in [2.05, 4.69) is 10.2 Å². The molecule has 0 fully saturated rings. The van der Waals surface area contributed by atoms with Gasteiger partial charge in [0.2, 0.25) is 0 Å². The molecule has 0 amide bonds. The van der Waals surface area contributed by atoms with Gasteiger partial charge in [0.15, 0.2) is 10.3 Å². The second-order valence-corrected chi connectivity index (χ2v) is 5.01. The minimum atomic E-state index is 0.312. The summed E-state index contributed by atoms with van der Waals surface area (Å²) in [5.41, 5.74) is 1.81. The van der Waals surface area contributed by atoms with Crippen molar-refractivity contribution in [3.8, 4) is 0 Å². The Kier molecular flexibility index (Phi) is 4.27. The third-order valence-electron chi connectivity index (χ3n) is 2.42. The standard InChI is InChI=1S/C12H10Cl3N3/c1-18(7-8-3-2-4-9(13)5-8)10-6-11(14)16-17-12(10)15/h2-6H,7H2,1H3. The Labute approximate surface area is 120 Å². The van der Waals surface area contributed by atoms with E-state index in [9.17, 15) is 0 Å². The number of benzene rings is 1. The molecule has 2 rings (SSSR count). The van der Waals surface area contributed by atoms with E-state index in [0.717, 1.165) is 11.3 Å². The minimum absolute atomic E-state index is 0.312. The zero-order valence-electron chi connectivity index (χ0n) is 9.57. The van der Waals surface area contributed by atoms with Crippen LogP contribution in [0.2, 0.25) is 15.3 Å². The van der Waals surface area contributed by atoms with Crippen LogP contribution in [0.1, 0.15) is 5.56 Å². The summed E-state index contributed by atoms with van der Waals surface area (Å²) < 4.78 is 0. The summed E-state index contributed by atoms with van der Waals surface area (Å²) >= 11 is 17.7. The molecule has 6 heteroatoms. The van der Waals surface area contributed by atoms with Gasteiger partial charge >= 0.3 is 0 Å². The van der Waals surface area contributed by atoms with Crippen LogP contribution in [-0.4, -0.2) is 17.2 Å². The number of anilines is 1. The monoisotopic (exact) mass is 301 g/mol. The molecule has 0 atom stereocenters. The molecule has 0 spiro atoms. The fourth-order valence-corrected chi connectivity index (χ4v) is 2.20. The average Bonchev–Trinajstić information content (AvgIpc) is 2.32. The number of aromatic nitrogens is 2. The predicted molar refractivity (Wildman–Crippen MR) is 75.6 cm³/mol. The number of halogens is 3. The van der Waals surface area contributed by atoms with Gasteiger partial charge in [-0.3, -0.25) is 0 Å². The van der Waals surface area contributed by atoms with Gasteiger partial charge in [0.05, 0.1) is 5.69 Å². The van der Waals surface area contributed by atoms with Crippen molar-refractivity contribution in [3.05, 3.63) is 51.2 Å². The molecule has 1 aromatic carbocycles. The lowest BCUT2D eigenvalue weighted by atomic mass is 10.2. The average molecular weight is 303 g/mol. The summed E-state index contributed by atoms with van der Waals surface area (Å²) in [6.45, 7) is 0.655. The van der Waals surface area contributed by atoms with E-state index < -0.39 is 0 Å². The van der Waals surface area contributed by atoms with Crippen LogP contribution in [0.4, 0.5) is 5.69 Å². The van der Waals surface area contributed by atoms with Crippen LogP contribution in [0.3, 0.4) is 0 Å². The fourth-order valence-electron chi connectivity index (χ4n) is 1.61. The first kappa shape index (κ1) is 13.4. The van der Waals surface area contributed by atoms with E-state index >= 15 is 0 Å². The Morgan fingerprint density at radius 3 is 2.61 bits per heavy atom. The minimum Gasteiger partial charge on any atom is -0.368 e. The van der Waals surface area contributed by atoms with Crippen molar-refractivity contribution >= 4 is 40.5 Å². The quantitative estimate of drug-likeness (QED) is 0.855. The summed E-state index contributed by atoms with van der Waals surface area (Å²) in [6.07, 6.45) is 0. The fraction of sp³-hybridized carbons (Fsp3) is 0.167. The highest BCUT2D eigenvalue weighted by molar-refractivity contribution is 6.33. The molecule has 0 radical (unpaired) electrons. The van der Waals surface area contributed by atoms with Gasteiger partial charge in [-0.1, -0.05) is 46.9 Å². The Hall–Kier alpha value is -1.03. The van der Waals surface area contributed by atoms with Crippen molar-refractivity contribution in [2.24, 2.45) is 0 Å². The number of nitrogens with zero attached hydrogens (tertiary/aromatic N) is 3. The van der Waals surface area contributed by atoms with Crippen LogP contribution in [-0.2, 0) is 6.54 Å². The van der Waals surface area contributed by atoms with E-state index in [1.165, 1.54) is 0 Å². The van der Waals surface area contributed by atoms with Crippen LogP contribution in [0, 0.1) is 0 Å². The van der Waals surface area contributed by atoms with Crippen molar-refractivity contribution in [3.63, 3.8) is 0 Å². The van der Waals surface area contributed by atoms with E-state index in [1.54, 1.807) is 6.07 Å². The van der Waals surface area contributed by atoms with Crippen molar-refractivity contribution in [2.45, 2.75) is 6.54 Å². The number of rotatable bonds is 3. The van der Waals surface area contributed by atoms with Gasteiger partial charge in [0.1, 0.15) is 0 Å². The molecule has 0 aliphatic carbocycles. The lowest BCUT2D eigenvalue weighted by Gasteiger charge is -2.20. The zero-order chi connectivity index (χ0) is 13.1. The maximum atomic E-state index is 5.99. The first-order valence-electron chi connectivity index (χ1n) is 5.20. The zero-order valence-corrected chi connectivity index (χ0v) is 11.8. The van der Waals surface area contributed by atoms with Crippen LogP contribution in [0.25, 0.3) is 0 Å². The summed E-state index contributed by atoms with van der Waals surface area (Å²) in [5, 5.41) is 8.80. The highest BCUT2D eigenvalue weighted by atomic mass is 35.5. The third-order valence-corrected chi connectivity index (χ3v) is 3.11. The summed E-state index contributed by atoms with van der Waals surface area (Å²) in [7, 11) is 1.90. The first-order valence-corrected chi connectivity index (χ1v) is 6.34. The summed E-state index contributed by atoms with van der Waals surface area (Å²) in [6, 6.07) is 9.32. The maximum absolute atomic E-state index is 5.99. The molecule has 3 nitrogen and oxygen atoms in total. The lowest BCUT2D eigenvalue weighted by Crippen LogP contribution is -2.17. The smallest absolute Gasteiger partial charge is 0.175 e. The largest absolute Gasteiger partial charge is 0.368 e. The highest BCUT2D eigenvalue weighted by Crippen LogP contribution is 2.25. The number of hydrogen-bond acceptors (Lipinski definition) is 3. The molecule has 0 aliphatic heterocycles. The van der Waals surface area contributed by atoms with E-state index in [0.29, 0.717) is 21.9 Å². The van der Waals surface area contributed by atoms with Crippen LogP contribution >= 0.6 is 34.8 Å². The van der Waals surface area contributed by atoms with Crippen LogP contribution in [0.5, 0.6) is 0 Å². The molecule has 1 heterocycles. The molecule has 0 bridgehead atoms. The maximum Gasteiger partial charge on any atom is 0.175 e. The Balaban J connectivity index is 2.21. The second kappa shape index (κ2) is 5.74. The molecule has 0 saturated carbocycles. The summed E-state index contributed by atoms with van der Waals surface area (Å²) in [5.74, 6) is 0. The molecule has 0 unspecified atom stereocenters. The molecular weight excluding hydrogens is 293 g/mol. The Bertz CT molecular complexity index is 560. The lowest BCUT2D eigenvalue weighted by molar-refractivity contribution is 0.903. The van der Waals surface area contributed by atoms with Gasteiger partial charge in [-0.05, 0) is 17.7 Å². The van der Waals surface area contributed by atoms with Gasteiger partial charge in [-0.25, -0.2) is 0 Å². The molecule has 0 N–H and O–H groups in total. The molecule has 2 aromatic rings. The molecule has 0 aliphatic rings. The van der Waals surface area contributed by atoms with Crippen LogP contribution in [0.15, 0.2) is 30.3 Å².